The van der Waals surface area contributed by atoms with Gasteiger partial charge in [-0.25, -0.2) is 4.39 Å². The van der Waals surface area contributed by atoms with Crippen LogP contribution in [0.15, 0.2) is 12.1 Å². The van der Waals surface area contributed by atoms with Crippen LogP contribution in [0.1, 0.15) is 37.5 Å². The highest BCUT2D eigenvalue weighted by Crippen LogP contribution is 2.41. The van der Waals surface area contributed by atoms with Gasteiger partial charge in [0, 0.05) is 12.0 Å². The lowest BCUT2D eigenvalue weighted by atomic mass is 9.90. The highest BCUT2D eigenvalue weighted by Gasteiger charge is 2.33. The summed E-state index contributed by atoms with van der Waals surface area (Å²) in [6.45, 7) is 5.62. The Balaban J connectivity index is 2.55. The average molecular weight is 210 g/mol. The van der Waals surface area contributed by atoms with Gasteiger partial charge in [-0.05, 0) is 38.5 Å². The number of rotatable bonds is 0. The molecule has 1 atom stereocenters. The summed E-state index contributed by atoms with van der Waals surface area (Å²) in [5.41, 5.74) is 0.901. The van der Waals surface area contributed by atoms with E-state index in [2.05, 4.69) is 0 Å². The molecule has 1 aliphatic heterocycles. The van der Waals surface area contributed by atoms with Gasteiger partial charge >= 0.3 is 0 Å². The molecule has 2 rings (SSSR count). The summed E-state index contributed by atoms with van der Waals surface area (Å²) in [4.78, 5) is 0. The second-order valence-electron chi connectivity index (χ2n) is 4.72. The van der Waals surface area contributed by atoms with E-state index < -0.39 is 11.7 Å². The van der Waals surface area contributed by atoms with Gasteiger partial charge in [0.2, 0.25) is 0 Å². The maximum absolute atomic E-state index is 13.2. The first-order valence-corrected chi connectivity index (χ1v) is 5.06. The first kappa shape index (κ1) is 10.4. The van der Waals surface area contributed by atoms with Gasteiger partial charge in [0.25, 0.3) is 0 Å². The first-order chi connectivity index (χ1) is 6.89. The molecule has 1 aromatic rings. The predicted molar refractivity (Wildman–Crippen MR) is 55.4 cm³/mol. The number of aliphatic hydroxyl groups excluding tert-OH is 1. The van der Waals surface area contributed by atoms with Gasteiger partial charge < -0.3 is 9.84 Å². The lowest BCUT2D eigenvalue weighted by Gasteiger charge is -2.36. The lowest BCUT2D eigenvalue weighted by Crippen LogP contribution is -2.35. The molecule has 1 N–H and O–H groups in total. The molecule has 0 fully saturated rings. The van der Waals surface area contributed by atoms with E-state index in [0.29, 0.717) is 17.7 Å². The molecule has 0 radical (unpaired) electrons. The van der Waals surface area contributed by atoms with Gasteiger partial charge in [-0.2, -0.15) is 0 Å². The van der Waals surface area contributed by atoms with Crippen molar-refractivity contribution in [3.63, 3.8) is 0 Å². The van der Waals surface area contributed by atoms with Crippen molar-refractivity contribution in [1.82, 2.24) is 0 Å². The van der Waals surface area contributed by atoms with Crippen molar-refractivity contribution in [3.8, 4) is 5.75 Å². The Morgan fingerprint density at radius 2 is 2.13 bits per heavy atom. The smallest absolute Gasteiger partial charge is 0.129 e. The zero-order valence-electron chi connectivity index (χ0n) is 9.17. The summed E-state index contributed by atoms with van der Waals surface area (Å²) in [7, 11) is 0. The molecule has 1 heterocycles. The maximum atomic E-state index is 13.2. The third kappa shape index (κ3) is 1.84. The molecule has 0 aromatic heterocycles. The molecule has 0 amide bonds. The van der Waals surface area contributed by atoms with Gasteiger partial charge in [-0.1, -0.05) is 0 Å². The van der Waals surface area contributed by atoms with Crippen molar-refractivity contribution in [3.05, 3.63) is 29.1 Å². The fraction of sp³-hybridized carbons (Fsp3) is 0.500. The summed E-state index contributed by atoms with van der Waals surface area (Å²) < 4.78 is 18.9. The van der Waals surface area contributed by atoms with Gasteiger partial charge in [0.05, 0.1) is 6.10 Å². The quantitative estimate of drug-likeness (QED) is 0.713. The topological polar surface area (TPSA) is 29.5 Å². The second-order valence-corrected chi connectivity index (χ2v) is 4.72. The van der Waals surface area contributed by atoms with Crippen molar-refractivity contribution in [1.29, 1.82) is 0 Å². The minimum Gasteiger partial charge on any atom is -0.487 e. The number of ether oxygens (including phenoxy) is 1. The molecule has 82 valence electrons. The van der Waals surface area contributed by atoms with Crippen LogP contribution in [0.3, 0.4) is 0 Å². The van der Waals surface area contributed by atoms with Crippen molar-refractivity contribution in [2.24, 2.45) is 0 Å². The number of halogens is 1. The molecule has 0 aliphatic carbocycles. The molecule has 1 aliphatic rings. The van der Waals surface area contributed by atoms with E-state index in [1.807, 2.05) is 13.8 Å². The van der Waals surface area contributed by atoms with E-state index in [0.717, 1.165) is 5.56 Å². The Hall–Kier alpha value is -1.09. The van der Waals surface area contributed by atoms with Gasteiger partial charge in [-0.15, -0.1) is 0 Å². The summed E-state index contributed by atoms with van der Waals surface area (Å²) in [6.07, 6.45) is -0.152. The number of hydrogen-bond acceptors (Lipinski definition) is 2. The van der Waals surface area contributed by atoms with Gasteiger partial charge in [-0.3, -0.25) is 0 Å². The fourth-order valence-electron chi connectivity index (χ4n) is 2.04. The van der Waals surface area contributed by atoms with Gasteiger partial charge in [0.1, 0.15) is 17.2 Å². The predicted octanol–water partition coefficient (Wildman–Crippen LogP) is 2.73. The average Bonchev–Trinajstić information content (AvgIpc) is 2.06. The van der Waals surface area contributed by atoms with Crippen molar-refractivity contribution < 1.29 is 14.2 Å². The summed E-state index contributed by atoms with van der Waals surface area (Å²) in [5.74, 6) is 0.300. The fourth-order valence-corrected chi connectivity index (χ4v) is 2.04. The van der Waals surface area contributed by atoms with Crippen molar-refractivity contribution in [2.45, 2.75) is 38.9 Å². The number of aryl methyl sites for hydroxylation is 1. The molecule has 0 saturated heterocycles. The van der Waals surface area contributed by atoms with Crippen LogP contribution in [0.5, 0.6) is 5.75 Å². The van der Waals surface area contributed by atoms with Crippen molar-refractivity contribution >= 4 is 0 Å². The lowest BCUT2D eigenvalue weighted by molar-refractivity contribution is 0.0106. The normalized spacial score (nSPS) is 23.1. The molecule has 15 heavy (non-hydrogen) atoms. The van der Waals surface area contributed by atoms with Crippen LogP contribution >= 0.6 is 0 Å². The van der Waals surface area contributed by atoms with Crippen LogP contribution in [0.2, 0.25) is 0 Å². The van der Waals surface area contributed by atoms with Gasteiger partial charge in [0.15, 0.2) is 0 Å². The molecule has 3 heteroatoms. The highest BCUT2D eigenvalue weighted by molar-refractivity contribution is 5.44. The highest BCUT2D eigenvalue weighted by atomic mass is 19.1. The summed E-state index contributed by atoms with van der Waals surface area (Å²) in [5, 5.41) is 9.90. The van der Waals surface area contributed by atoms with Crippen molar-refractivity contribution in [2.75, 3.05) is 0 Å². The summed E-state index contributed by atoms with van der Waals surface area (Å²) in [6, 6.07) is 2.77. The minimum atomic E-state index is -0.641. The number of fused-ring (bicyclic) bond motifs is 1. The molecule has 0 spiro atoms. The van der Waals surface area contributed by atoms with Crippen LogP contribution < -0.4 is 4.74 Å². The van der Waals surface area contributed by atoms with Crippen LogP contribution in [0, 0.1) is 12.7 Å². The second kappa shape index (κ2) is 3.20. The molecule has 0 saturated carbocycles. The van der Waals surface area contributed by atoms with E-state index >= 15 is 0 Å². The van der Waals surface area contributed by atoms with E-state index in [9.17, 15) is 9.50 Å². The third-order valence-electron chi connectivity index (χ3n) is 2.69. The SMILES string of the molecule is Cc1cc(F)cc2c1OC(C)(C)CC2O. The third-order valence-corrected chi connectivity index (χ3v) is 2.69. The minimum absolute atomic E-state index is 0.325. The Morgan fingerprint density at radius 3 is 2.80 bits per heavy atom. The Labute approximate surface area is 88.7 Å². The standard InChI is InChI=1S/C12H15FO2/c1-7-4-8(13)5-9-10(14)6-12(2,3)15-11(7)9/h4-5,10,14H,6H2,1-3H3. The zero-order valence-corrected chi connectivity index (χ0v) is 9.17. The molecule has 2 nitrogen and oxygen atoms in total. The molecule has 1 unspecified atom stereocenters. The van der Waals surface area contributed by atoms with E-state index in [-0.39, 0.29) is 5.82 Å². The zero-order chi connectivity index (χ0) is 11.2. The maximum Gasteiger partial charge on any atom is 0.129 e. The van der Waals surface area contributed by atoms with Crippen LogP contribution in [-0.2, 0) is 0 Å². The van der Waals surface area contributed by atoms with E-state index in [4.69, 9.17) is 4.74 Å². The van der Waals surface area contributed by atoms with Crippen LogP contribution in [0.4, 0.5) is 4.39 Å². The molecular weight excluding hydrogens is 195 g/mol. The Bertz CT molecular complexity index is 399. The number of hydrogen-bond donors (Lipinski definition) is 1. The molecule has 0 bridgehead atoms. The number of aliphatic hydroxyl groups is 1. The Morgan fingerprint density at radius 1 is 1.47 bits per heavy atom. The molecular formula is C12H15FO2. The van der Waals surface area contributed by atoms with Crippen LogP contribution in [-0.4, -0.2) is 10.7 Å². The monoisotopic (exact) mass is 210 g/mol. The largest absolute Gasteiger partial charge is 0.487 e. The number of benzene rings is 1. The summed E-state index contributed by atoms with van der Waals surface area (Å²) >= 11 is 0. The Kier molecular flexibility index (Phi) is 2.23. The van der Waals surface area contributed by atoms with E-state index in [1.54, 1.807) is 6.92 Å². The first-order valence-electron chi connectivity index (χ1n) is 5.06. The van der Waals surface area contributed by atoms with Crippen LogP contribution in [0.25, 0.3) is 0 Å². The van der Waals surface area contributed by atoms with E-state index in [1.165, 1.54) is 12.1 Å². The molecule has 1 aromatic carbocycles.